The zero-order chi connectivity index (χ0) is 32.8. The molecule has 0 spiro atoms. The molecule has 0 saturated heterocycles. The van der Waals surface area contributed by atoms with E-state index < -0.39 is 29.4 Å². The number of phenolic OH excluding ortho intramolecular Hbond substituents is 1. The Labute approximate surface area is 281 Å². The molecule has 0 saturated carbocycles. The van der Waals surface area contributed by atoms with Crippen LogP contribution in [-0.2, 0) is 9.47 Å². The Morgan fingerprint density at radius 3 is 1.67 bits per heavy atom. The number of oxazole rings is 2. The number of aromatic hydroxyl groups is 1. The van der Waals surface area contributed by atoms with Gasteiger partial charge in [0.05, 0.1) is 46.6 Å². The van der Waals surface area contributed by atoms with E-state index in [4.69, 9.17) is 26.1 Å². The van der Waals surface area contributed by atoms with E-state index >= 15 is 0 Å². The number of H-pyrrole nitrogens is 2. The first kappa shape index (κ1) is 38.5. The number of carbonyl (C=O) groups excluding carboxylic acids is 2. The van der Waals surface area contributed by atoms with E-state index in [0.29, 0.717) is 45.9 Å². The van der Waals surface area contributed by atoms with Crippen LogP contribution in [0.25, 0.3) is 22.2 Å². The number of phenols is 1. The fraction of sp³-hybridized carbons (Fsp3) is 0.179. The molecule has 0 fully saturated rings. The number of nitrogen functional groups attached to an aromatic ring is 1. The molecule has 15 nitrogen and oxygen atoms in total. The molecule has 0 amide bonds. The first-order valence-electron chi connectivity index (χ1n) is 12.9. The third-order valence-corrected chi connectivity index (χ3v) is 5.14. The van der Waals surface area contributed by atoms with Gasteiger partial charge in [-0.05, 0) is 73.4 Å². The van der Waals surface area contributed by atoms with Crippen LogP contribution in [0.4, 0.5) is 5.69 Å². The van der Waals surface area contributed by atoms with Crippen LogP contribution in [0.5, 0.6) is 5.75 Å². The molecule has 2 aromatic heterocycles. The van der Waals surface area contributed by atoms with Gasteiger partial charge in [0.15, 0.2) is 11.2 Å². The standard InChI is InChI=1S/C10H9NO4.C9H11NO3.C8H5NO4.CH3I.Li.H2O/c1-2-14-9(12)6-3-4-7-8(5-6)15-10(13)11-7;1-2-13-9(12)6-3-4-7(10)8(11)5-6;10-7(11)4-1-2-5-6(3-4)13-8(12)9-5;1-2;;/h3-5H,2H2,1H3,(H,11,13);3-5,11H,2,10H2,1H3;1-3H,(H,9,12)(H,10,11);1H3;;1H2/q;;;;+1;/p-1/i;;;1D;;. The van der Waals surface area contributed by atoms with Crippen molar-refractivity contribution in [3.63, 3.8) is 0 Å². The summed E-state index contributed by atoms with van der Waals surface area (Å²) in [6.07, 6.45) is 0. The van der Waals surface area contributed by atoms with E-state index in [1.165, 1.54) is 42.5 Å². The van der Waals surface area contributed by atoms with Gasteiger partial charge < -0.3 is 39.7 Å². The number of aromatic nitrogens is 2. The Kier molecular flexibility index (Phi) is 16.9. The van der Waals surface area contributed by atoms with Crippen LogP contribution in [-0.4, -0.2) is 61.7 Å². The smallest absolute Gasteiger partial charge is 0.870 e. The van der Waals surface area contributed by atoms with Crippen LogP contribution in [0.2, 0.25) is 0 Å². The number of nitrogens with two attached hydrogens (primary N) is 1. The number of carboxylic acid groups (broad SMARTS) is 1. The molecule has 2 heterocycles. The minimum Gasteiger partial charge on any atom is -0.870 e. The largest absolute Gasteiger partial charge is 1.00 e. The van der Waals surface area contributed by atoms with Gasteiger partial charge in [-0.2, -0.15) is 0 Å². The van der Waals surface area contributed by atoms with Gasteiger partial charge in [0.1, 0.15) is 5.75 Å². The van der Waals surface area contributed by atoms with Crippen LogP contribution in [0.15, 0.2) is 73.0 Å². The Morgan fingerprint density at radius 1 is 0.844 bits per heavy atom. The summed E-state index contributed by atoms with van der Waals surface area (Å²) >= 11 is 1.96. The van der Waals surface area contributed by atoms with Gasteiger partial charge in [-0.3, -0.25) is 9.97 Å². The Hall–Kier alpha value is -4.50. The average molecular weight is 734 g/mol. The van der Waals surface area contributed by atoms with Crippen molar-refractivity contribution in [1.82, 2.24) is 9.97 Å². The number of aromatic carboxylic acids is 1. The number of ether oxygens (including phenoxy) is 2. The molecule has 45 heavy (non-hydrogen) atoms. The summed E-state index contributed by atoms with van der Waals surface area (Å²) in [6.45, 7) is 4.07. The monoisotopic (exact) mass is 734 g/mol. The van der Waals surface area contributed by atoms with Gasteiger partial charge in [0, 0.05) is 1.37 Å². The number of alkyl halides is 1. The Bertz CT molecular complexity index is 1850. The molecule has 0 aliphatic heterocycles. The fourth-order valence-corrected chi connectivity index (χ4v) is 3.25. The molecule has 17 heteroatoms. The molecular formula is C28H29ILiN3O12. The number of esters is 2. The zero-order valence-corrected chi connectivity index (χ0v) is 26.4. The third kappa shape index (κ3) is 11.8. The second-order valence-electron chi connectivity index (χ2n) is 7.97. The number of rotatable bonds is 5. The molecule has 0 bridgehead atoms. The van der Waals surface area contributed by atoms with Gasteiger partial charge in [0.25, 0.3) is 0 Å². The molecule has 0 aliphatic rings. The summed E-state index contributed by atoms with van der Waals surface area (Å²) < 4.78 is 25.2. The Balaban J connectivity index is 0.000000621. The molecule has 0 radical (unpaired) electrons. The number of carbonyl (C=O) groups is 3. The van der Waals surface area contributed by atoms with Gasteiger partial charge in [-0.1, -0.05) is 22.6 Å². The topological polar surface area (TPSA) is 258 Å². The third-order valence-electron chi connectivity index (χ3n) is 5.14. The summed E-state index contributed by atoms with van der Waals surface area (Å²) in [7, 11) is 0. The molecule has 7 N–H and O–H groups in total. The van der Waals surface area contributed by atoms with Gasteiger partial charge in [0.2, 0.25) is 0 Å². The van der Waals surface area contributed by atoms with E-state index in [9.17, 15) is 29.1 Å². The number of halogens is 1. The maximum Gasteiger partial charge on any atom is 1.00 e. The Morgan fingerprint density at radius 2 is 1.24 bits per heavy atom. The number of anilines is 1. The first-order chi connectivity index (χ1) is 20.9. The minimum absolute atomic E-state index is 0. The van der Waals surface area contributed by atoms with Crippen molar-refractivity contribution in [3.05, 3.63) is 92.4 Å². The zero-order valence-electron chi connectivity index (χ0n) is 25.3. The van der Waals surface area contributed by atoms with Crippen molar-refractivity contribution in [1.29, 1.82) is 0 Å². The number of carboxylic acids is 1. The van der Waals surface area contributed by atoms with Gasteiger partial charge in [-0.25, -0.2) is 24.0 Å². The number of hydrogen-bond acceptors (Lipinski definition) is 12. The number of aromatic amines is 2. The summed E-state index contributed by atoms with van der Waals surface area (Å²) in [5.41, 5.74) is 8.03. The molecule has 0 atom stereocenters. The quantitative estimate of drug-likeness (QED) is 0.0425. The van der Waals surface area contributed by atoms with Gasteiger partial charge >= 0.3 is 48.3 Å². The van der Waals surface area contributed by atoms with Crippen LogP contribution in [0, 0.1) is 0 Å². The predicted octanol–water partition coefficient (Wildman–Crippen LogP) is 1.15. The number of benzene rings is 3. The number of hydrogen-bond donors (Lipinski definition) is 5. The first-order valence-corrected chi connectivity index (χ1v) is 13.7. The second-order valence-corrected chi connectivity index (χ2v) is 7.97. The molecule has 236 valence electrons. The molecular weight excluding hydrogens is 704 g/mol. The van der Waals surface area contributed by atoms with Crippen molar-refractivity contribution < 1.29 is 68.6 Å². The molecule has 0 unspecified atom stereocenters. The van der Waals surface area contributed by atoms with Crippen LogP contribution < -0.4 is 36.1 Å². The van der Waals surface area contributed by atoms with E-state index in [1.807, 2.05) is 22.6 Å². The van der Waals surface area contributed by atoms with E-state index in [-0.39, 0.29) is 46.9 Å². The minimum atomic E-state index is -1.05. The van der Waals surface area contributed by atoms with Crippen molar-refractivity contribution in [2.75, 3.05) is 23.9 Å². The van der Waals surface area contributed by atoms with E-state index in [1.54, 1.807) is 26.0 Å². The van der Waals surface area contributed by atoms with E-state index in [0.717, 1.165) is 0 Å². The molecule has 5 aromatic rings. The van der Waals surface area contributed by atoms with Crippen LogP contribution in [0.3, 0.4) is 0 Å². The number of nitrogens with one attached hydrogen (secondary N) is 2. The van der Waals surface area contributed by atoms with Crippen molar-refractivity contribution in [2.45, 2.75) is 13.8 Å². The van der Waals surface area contributed by atoms with Crippen LogP contribution >= 0.6 is 22.6 Å². The van der Waals surface area contributed by atoms with Crippen molar-refractivity contribution in [2.24, 2.45) is 0 Å². The fourth-order valence-electron chi connectivity index (χ4n) is 3.25. The summed E-state index contributed by atoms with van der Waals surface area (Å²) in [5, 5.41) is 17.8. The SMILES string of the molecule is CCOC(=O)c1ccc(N)c(O)c1.CCOC(=O)c1ccc2[nH]c(=O)oc2c1.O=C(O)c1ccc2[nH]c(=O)oc2c1.[2H]CI.[Li+].[OH-]. The second kappa shape index (κ2) is 19.7. The summed E-state index contributed by atoms with van der Waals surface area (Å²) in [5.74, 6) is -3.17. The van der Waals surface area contributed by atoms with Crippen molar-refractivity contribution in [3.8, 4) is 5.75 Å². The summed E-state index contributed by atoms with van der Waals surface area (Å²) in [4.78, 5) is 59.9. The predicted molar refractivity (Wildman–Crippen MR) is 167 cm³/mol. The molecule has 0 aliphatic carbocycles. The van der Waals surface area contributed by atoms with E-state index in [2.05, 4.69) is 14.4 Å². The van der Waals surface area contributed by atoms with Gasteiger partial charge in [-0.15, -0.1) is 0 Å². The van der Waals surface area contributed by atoms with Crippen LogP contribution in [0.1, 0.15) is 46.3 Å². The van der Waals surface area contributed by atoms with Crippen molar-refractivity contribution >= 4 is 68.4 Å². The average Bonchev–Trinajstić information content (AvgIpc) is 3.55. The summed E-state index contributed by atoms with van der Waals surface area (Å²) in [6, 6.07) is 13.1. The maximum absolute atomic E-state index is 11.3. The normalized spacial score (nSPS) is 9.71. The number of fused-ring (bicyclic) bond motifs is 2. The molecule has 5 rings (SSSR count). The maximum atomic E-state index is 11.3. The molecule has 3 aromatic carbocycles.